The van der Waals surface area contributed by atoms with Crippen LogP contribution in [0.5, 0.6) is 0 Å². The molecule has 0 saturated heterocycles. The van der Waals surface area contributed by atoms with Gasteiger partial charge < -0.3 is 15.1 Å². The summed E-state index contributed by atoms with van der Waals surface area (Å²) >= 11 is 0. The second-order valence-electron chi connectivity index (χ2n) is 4.45. The number of carboxylic acids is 2. The third kappa shape index (κ3) is 3.23. The zero-order chi connectivity index (χ0) is 13.9. The lowest BCUT2D eigenvalue weighted by atomic mass is 9.97. The molecule has 0 aromatic heterocycles. The van der Waals surface area contributed by atoms with E-state index in [1.165, 1.54) is 0 Å². The van der Waals surface area contributed by atoms with Gasteiger partial charge in [-0.05, 0) is 30.5 Å². The van der Waals surface area contributed by atoms with Crippen LogP contribution >= 0.6 is 0 Å². The molecule has 0 saturated carbocycles. The Labute approximate surface area is 106 Å². The van der Waals surface area contributed by atoms with Gasteiger partial charge in [0.2, 0.25) is 0 Å². The minimum absolute atomic E-state index is 0.000779. The third-order valence-electron chi connectivity index (χ3n) is 2.78. The molecule has 1 aromatic carbocycles. The summed E-state index contributed by atoms with van der Waals surface area (Å²) in [5.74, 6) is -4.01. The molecule has 98 valence electrons. The Hall–Kier alpha value is -2.04. The van der Waals surface area contributed by atoms with Crippen molar-refractivity contribution in [1.29, 1.82) is 0 Å². The minimum atomic E-state index is -1.39. The minimum Gasteiger partial charge on any atom is -0.481 e. The highest BCUT2D eigenvalue weighted by atomic mass is 16.4. The maximum Gasteiger partial charge on any atom is 0.318 e. The van der Waals surface area contributed by atoms with Crippen molar-refractivity contribution in [1.82, 2.24) is 0 Å². The van der Waals surface area contributed by atoms with E-state index < -0.39 is 17.9 Å². The SMILES string of the molecule is Cc1cc(CC(C(=O)O)C(=O)O)ccc1N(C)C. The van der Waals surface area contributed by atoms with Gasteiger partial charge in [-0.1, -0.05) is 12.1 Å². The Kier molecular flexibility index (Phi) is 4.31. The molecule has 18 heavy (non-hydrogen) atoms. The zero-order valence-corrected chi connectivity index (χ0v) is 10.7. The molecule has 0 aliphatic carbocycles. The van der Waals surface area contributed by atoms with E-state index in [0.29, 0.717) is 5.56 Å². The first kappa shape index (κ1) is 14.0. The highest BCUT2D eigenvalue weighted by Gasteiger charge is 2.26. The van der Waals surface area contributed by atoms with Crippen molar-refractivity contribution in [2.45, 2.75) is 13.3 Å². The fourth-order valence-electron chi connectivity index (χ4n) is 1.86. The molecule has 0 aliphatic rings. The molecule has 1 aromatic rings. The molecule has 5 nitrogen and oxygen atoms in total. The van der Waals surface area contributed by atoms with Gasteiger partial charge in [-0.25, -0.2) is 0 Å². The van der Waals surface area contributed by atoms with E-state index in [1.807, 2.05) is 38.1 Å². The predicted molar refractivity (Wildman–Crippen MR) is 68.0 cm³/mol. The average molecular weight is 251 g/mol. The first-order chi connectivity index (χ1) is 8.32. The van der Waals surface area contributed by atoms with Gasteiger partial charge in [0, 0.05) is 19.8 Å². The summed E-state index contributed by atoms with van der Waals surface area (Å²) in [6.45, 7) is 1.91. The summed E-state index contributed by atoms with van der Waals surface area (Å²) in [5.41, 5.74) is 2.74. The Balaban J connectivity index is 2.95. The largest absolute Gasteiger partial charge is 0.481 e. The topological polar surface area (TPSA) is 77.8 Å². The summed E-state index contributed by atoms with van der Waals surface area (Å²) in [7, 11) is 3.83. The molecule has 2 N–H and O–H groups in total. The maximum absolute atomic E-state index is 10.8. The lowest BCUT2D eigenvalue weighted by Gasteiger charge is -2.17. The zero-order valence-electron chi connectivity index (χ0n) is 10.7. The number of hydrogen-bond acceptors (Lipinski definition) is 3. The maximum atomic E-state index is 10.8. The number of nitrogens with zero attached hydrogens (tertiary/aromatic N) is 1. The Morgan fingerprint density at radius 3 is 2.17 bits per heavy atom. The van der Waals surface area contributed by atoms with Gasteiger partial charge in [-0.2, -0.15) is 0 Å². The number of hydrogen-bond donors (Lipinski definition) is 2. The van der Waals surface area contributed by atoms with E-state index in [4.69, 9.17) is 10.2 Å². The number of aliphatic carboxylic acids is 2. The Bertz CT molecular complexity index is 454. The fraction of sp³-hybridized carbons (Fsp3) is 0.385. The van der Waals surface area contributed by atoms with Crippen LogP contribution in [0.15, 0.2) is 18.2 Å². The molecule has 0 radical (unpaired) electrons. The van der Waals surface area contributed by atoms with Crippen molar-refractivity contribution < 1.29 is 19.8 Å². The van der Waals surface area contributed by atoms with Gasteiger partial charge >= 0.3 is 11.9 Å². The quantitative estimate of drug-likeness (QED) is 0.773. The van der Waals surface area contributed by atoms with Crippen LogP contribution in [0, 0.1) is 12.8 Å². The standard InChI is InChI=1S/C13H17NO4/c1-8-6-9(4-5-11(8)14(2)3)7-10(12(15)16)13(17)18/h4-6,10H,7H2,1-3H3,(H,15,16)(H,17,18). The first-order valence-electron chi connectivity index (χ1n) is 5.55. The third-order valence-corrected chi connectivity index (χ3v) is 2.78. The van der Waals surface area contributed by atoms with Crippen LogP contribution in [0.25, 0.3) is 0 Å². The molecule has 0 fully saturated rings. The molecular weight excluding hydrogens is 234 g/mol. The van der Waals surface area contributed by atoms with Gasteiger partial charge in [0.25, 0.3) is 0 Å². The summed E-state index contributed by atoms with van der Waals surface area (Å²) < 4.78 is 0. The van der Waals surface area contributed by atoms with Crippen molar-refractivity contribution >= 4 is 17.6 Å². The van der Waals surface area contributed by atoms with Crippen LogP contribution < -0.4 is 4.90 Å². The number of carboxylic acid groups (broad SMARTS) is 2. The molecule has 0 bridgehead atoms. The van der Waals surface area contributed by atoms with Gasteiger partial charge in [0.1, 0.15) is 0 Å². The smallest absolute Gasteiger partial charge is 0.318 e. The lowest BCUT2D eigenvalue weighted by Crippen LogP contribution is -2.25. The molecule has 1 rings (SSSR count). The monoisotopic (exact) mass is 251 g/mol. The van der Waals surface area contributed by atoms with Gasteiger partial charge in [-0.15, -0.1) is 0 Å². The Morgan fingerprint density at radius 1 is 1.22 bits per heavy atom. The van der Waals surface area contributed by atoms with Crippen LogP contribution in [-0.2, 0) is 16.0 Å². The van der Waals surface area contributed by atoms with Gasteiger partial charge in [0.15, 0.2) is 5.92 Å². The number of benzene rings is 1. The highest BCUT2D eigenvalue weighted by molar-refractivity contribution is 5.93. The molecule has 0 aliphatic heterocycles. The van der Waals surface area contributed by atoms with Crippen LogP contribution in [0.2, 0.25) is 0 Å². The van der Waals surface area contributed by atoms with Crippen molar-refractivity contribution in [2.75, 3.05) is 19.0 Å². The van der Waals surface area contributed by atoms with E-state index in [2.05, 4.69) is 0 Å². The van der Waals surface area contributed by atoms with Crippen molar-refractivity contribution in [3.8, 4) is 0 Å². The number of carbonyl (C=O) groups is 2. The summed E-state index contributed by atoms with van der Waals surface area (Å²) in [6, 6.07) is 5.46. The molecule has 0 spiro atoms. The van der Waals surface area contributed by atoms with E-state index >= 15 is 0 Å². The van der Waals surface area contributed by atoms with Crippen molar-refractivity contribution in [2.24, 2.45) is 5.92 Å². The molecule has 0 atom stereocenters. The Morgan fingerprint density at radius 2 is 1.78 bits per heavy atom. The van der Waals surface area contributed by atoms with E-state index in [1.54, 1.807) is 6.07 Å². The van der Waals surface area contributed by atoms with E-state index in [9.17, 15) is 9.59 Å². The van der Waals surface area contributed by atoms with E-state index in [-0.39, 0.29) is 6.42 Å². The summed E-state index contributed by atoms with van der Waals surface area (Å²) in [5, 5.41) is 17.7. The lowest BCUT2D eigenvalue weighted by molar-refractivity contribution is -0.154. The van der Waals surface area contributed by atoms with Crippen LogP contribution in [0.1, 0.15) is 11.1 Å². The number of rotatable bonds is 5. The van der Waals surface area contributed by atoms with E-state index in [0.717, 1.165) is 11.3 Å². The highest BCUT2D eigenvalue weighted by Crippen LogP contribution is 2.21. The van der Waals surface area contributed by atoms with Gasteiger partial charge in [0.05, 0.1) is 0 Å². The molecule has 5 heteroatoms. The van der Waals surface area contributed by atoms with Crippen molar-refractivity contribution in [3.05, 3.63) is 29.3 Å². The fourth-order valence-corrected chi connectivity index (χ4v) is 1.86. The van der Waals surface area contributed by atoms with Crippen LogP contribution in [0.4, 0.5) is 5.69 Å². The number of aryl methyl sites for hydroxylation is 1. The second-order valence-corrected chi connectivity index (χ2v) is 4.45. The molecule has 0 amide bonds. The summed E-state index contributed by atoms with van der Waals surface area (Å²) in [4.78, 5) is 23.6. The molecule has 0 heterocycles. The number of anilines is 1. The van der Waals surface area contributed by atoms with Crippen LogP contribution in [-0.4, -0.2) is 36.2 Å². The van der Waals surface area contributed by atoms with Gasteiger partial charge in [-0.3, -0.25) is 9.59 Å². The second kappa shape index (κ2) is 5.53. The van der Waals surface area contributed by atoms with Crippen molar-refractivity contribution in [3.63, 3.8) is 0 Å². The summed E-state index contributed by atoms with van der Waals surface area (Å²) in [6.07, 6.45) is -0.000779. The molecule has 0 unspecified atom stereocenters. The van der Waals surface area contributed by atoms with Crippen LogP contribution in [0.3, 0.4) is 0 Å². The first-order valence-corrected chi connectivity index (χ1v) is 5.55. The predicted octanol–water partition coefficient (Wildman–Crippen LogP) is 1.39. The average Bonchev–Trinajstić information content (AvgIpc) is 2.24. The molecular formula is C13H17NO4. The normalized spacial score (nSPS) is 10.4.